The molecule has 1 N–H and O–H groups in total. The predicted molar refractivity (Wildman–Crippen MR) is 110 cm³/mol. The molecule has 3 aromatic rings. The van der Waals surface area contributed by atoms with Gasteiger partial charge in [-0.05, 0) is 48.9 Å². The fraction of sp³-hybridized carbons (Fsp3) is 0.0455. The molecule has 3 aromatic carbocycles. The Labute approximate surface area is 163 Å². The normalized spacial score (nSPS) is 16.2. The van der Waals surface area contributed by atoms with Gasteiger partial charge in [0.25, 0.3) is 10.0 Å². The number of sulfonamides is 1. The van der Waals surface area contributed by atoms with Gasteiger partial charge in [0.05, 0.1) is 4.90 Å². The number of fused-ring (bicyclic) bond motifs is 1. The Hall–Kier alpha value is -3.25. The van der Waals surface area contributed by atoms with Gasteiger partial charge in [-0.1, -0.05) is 48.0 Å². The number of anilines is 1. The minimum Gasteiger partial charge on any atom is -0.339 e. The molecule has 0 atom stereocenters. The summed E-state index contributed by atoms with van der Waals surface area (Å²) in [6.07, 6.45) is 1.79. The molecule has 0 saturated heterocycles. The lowest BCUT2D eigenvalue weighted by Crippen LogP contribution is -2.10. The Morgan fingerprint density at radius 1 is 0.964 bits per heavy atom. The molecule has 0 saturated carbocycles. The van der Waals surface area contributed by atoms with Crippen molar-refractivity contribution in [1.82, 2.24) is 0 Å². The molecule has 0 amide bonds. The van der Waals surface area contributed by atoms with E-state index in [0.717, 1.165) is 11.1 Å². The van der Waals surface area contributed by atoms with Crippen LogP contribution < -0.4 is 5.32 Å². The van der Waals surface area contributed by atoms with E-state index in [1.165, 1.54) is 24.3 Å². The van der Waals surface area contributed by atoms with E-state index < -0.39 is 15.8 Å². The molecule has 28 heavy (non-hydrogen) atoms. The van der Waals surface area contributed by atoms with E-state index in [9.17, 15) is 12.8 Å². The average Bonchev–Trinajstić information content (AvgIpc) is 2.99. The first kappa shape index (κ1) is 18.1. The lowest BCUT2D eigenvalue weighted by molar-refractivity contribution is 0.598. The highest BCUT2D eigenvalue weighted by atomic mass is 32.2. The zero-order chi connectivity index (χ0) is 19.7. The first-order valence-electron chi connectivity index (χ1n) is 8.68. The van der Waals surface area contributed by atoms with Crippen molar-refractivity contribution in [2.75, 3.05) is 5.32 Å². The van der Waals surface area contributed by atoms with Gasteiger partial charge >= 0.3 is 0 Å². The minimum absolute atomic E-state index is 0.105. The quantitative estimate of drug-likeness (QED) is 0.691. The third-order valence-corrected chi connectivity index (χ3v) is 5.71. The zero-order valence-corrected chi connectivity index (χ0v) is 15.9. The van der Waals surface area contributed by atoms with Crippen molar-refractivity contribution in [3.63, 3.8) is 0 Å². The topological polar surface area (TPSA) is 58.5 Å². The van der Waals surface area contributed by atoms with Crippen LogP contribution in [0.25, 0.3) is 11.6 Å². The molecule has 1 heterocycles. The van der Waals surface area contributed by atoms with Gasteiger partial charge in [0.15, 0.2) is 5.84 Å². The lowest BCUT2D eigenvalue weighted by Gasteiger charge is -2.04. The third kappa shape index (κ3) is 3.59. The van der Waals surface area contributed by atoms with Gasteiger partial charge in [0.1, 0.15) is 5.82 Å². The zero-order valence-electron chi connectivity index (χ0n) is 15.1. The van der Waals surface area contributed by atoms with Gasteiger partial charge in [-0.25, -0.2) is 4.39 Å². The third-order valence-electron chi connectivity index (χ3n) is 4.42. The van der Waals surface area contributed by atoms with Crippen LogP contribution in [0.3, 0.4) is 0 Å². The molecule has 0 aromatic heterocycles. The molecular weight excluding hydrogens is 375 g/mol. The van der Waals surface area contributed by atoms with Crippen LogP contribution in [0.2, 0.25) is 0 Å². The molecule has 4 rings (SSSR count). The highest BCUT2D eigenvalue weighted by Crippen LogP contribution is 2.35. The van der Waals surface area contributed by atoms with Crippen molar-refractivity contribution in [2.45, 2.75) is 11.8 Å². The van der Waals surface area contributed by atoms with Crippen molar-refractivity contribution in [2.24, 2.45) is 4.40 Å². The summed E-state index contributed by atoms with van der Waals surface area (Å²) in [5, 5.41) is 3.01. The predicted octanol–water partition coefficient (Wildman–Crippen LogP) is 4.89. The van der Waals surface area contributed by atoms with E-state index in [1.54, 1.807) is 24.3 Å². The van der Waals surface area contributed by atoms with Crippen molar-refractivity contribution < 1.29 is 12.8 Å². The number of rotatable bonds is 3. The van der Waals surface area contributed by atoms with Crippen LogP contribution in [0.4, 0.5) is 10.1 Å². The van der Waals surface area contributed by atoms with Gasteiger partial charge in [-0.2, -0.15) is 8.42 Å². The molecule has 6 heteroatoms. The molecule has 0 bridgehead atoms. The van der Waals surface area contributed by atoms with Crippen molar-refractivity contribution >= 4 is 33.2 Å². The number of nitrogens with zero attached hydrogens (tertiary/aromatic N) is 1. The van der Waals surface area contributed by atoms with Crippen LogP contribution >= 0.6 is 0 Å². The second kappa shape index (κ2) is 7.05. The SMILES string of the molecule is Cc1ccc(S(=O)(=O)N=C2Nc3ccc(F)cc3C2=Cc2ccccc2)cc1. The Morgan fingerprint density at radius 3 is 2.39 bits per heavy atom. The molecule has 4 nitrogen and oxygen atoms in total. The molecule has 0 unspecified atom stereocenters. The number of hydrogen-bond acceptors (Lipinski definition) is 2. The highest BCUT2D eigenvalue weighted by Gasteiger charge is 2.26. The number of amidine groups is 1. The molecule has 0 radical (unpaired) electrons. The van der Waals surface area contributed by atoms with E-state index in [2.05, 4.69) is 9.71 Å². The van der Waals surface area contributed by atoms with Gasteiger partial charge in [0.2, 0.25) is 0 Å². The first-order chi connectivity index (χ1) is 13.4. The number of benzene rings is 3. The molecule has 0 fully saturated rings. The van der Waals surface area contributed by atoms with Crippen LogP contribution in [0.5, 0.6) is 0 Å². The van der Waals surface area contributed by atoms with Crippen molar-refractivity contribution in [1.29, 1.82) is 0 Å². The van der Waals surface area contributed by atoms with Crippen LogP contribution in [0, 0.1) is 12.7 Å². The average molecular weight is 392 g/mol. The van der Waals surface area contributed by atoms with Crippen LogP contribution in [-0.4, -0.2) is 14.3 Å². The van der Waals surface area contributed by atoms with E-state index in [-0.39, 0.29) is 10.7 Å². The summed E-state index contributed by atoms with van der Waals surface area (Å²) in [6, 6.07) is 20.2. The van der Waals surface area contributed by atoms with E-state index in [0.29, 0.717) is 16.8 Å². The molecule has 0 spiro atoms. The van der Waals surface area contributed by atoms with Gasteiger partial charge < -0.3 is 5.32 Å². The van der Waals surface area contributed by atoms with Gasteiger partial charge in [-0.3, -0.25) is 0 Å². The minimum atomic E-state index is -3.92. The Balaban J connectivity index is 1.84. The smallest absolute Gasteiger partial charge is 0.284 e. The maximum Gasteiger partial charge on any atom is 0.284 e. The first-order valence-corrected chi connectivity index (χ1v) is 10.1. The molecule has 0 aliphatic carbocycles. The fourth-order valence-electron chi connectivity index (χ4n) is 2.99. The summed E-state index contributed by atoms with van der Waals surface area (Å²) in [7, 11) is -3.92. The number of hydrogen-bond donors (Lipinski definition) is 1. The van der Waals surface area contributed by atoms with Crippen LogP contribution in [0.1, 0.15) is 16.7 Å². The molecule has 1 aliphatic rings. The maximum absolute atomic E-state index is 13.8. The van der Waals surface area contributed by atoms with E-state index in [1.807, 2.05) is 37.3 Å². The molecular formula is C22H17FN2O2S. The van der Waals surface area contributed by atoms with Crippen molar-refractivity contribution in [3.8, 4) is 0 Å². The number of nitrogens with one attached hydrogen (secondary N) is 1. The summed E-state index contributed by atoms with van der Waals surface area (Å²) in [5.74, 6) is -0.229. The van der Waals surface area contributed by atoms with Crippen LogP contribution in [-0.2, 0) is 10.0 Å². The van der Waals surface area contributed by atoms with E-state index >= 15 is 0 Å². The van der Waals surface area contributed by atoms with Crippen LogP contribution in [0.15, 0.2) is 82.1 Å². The highest BCUT2D eigenvalue weighted by molar-refractivity contribution is 7.90. The van der Waals surface area contributed by atoms with Gasteiger partial charge in [-0.15, -0.1) is 4.40 Å². The second-order valence-corrected chi connectivity index (χ2v) is 8.12. The largest absolute Gasteiger partial charge is 0.339 e. The Bertz CT molecular complexity index is 1200. The molecule has 140 valence electrons. The summed E-state index contributed by atoms with van der Waals surface area (Å²) in [6.45, 7) is 1.88. The molecule has 1 aliphatic heterocycles. The monoisotopic (exact) mass is 392 g/mol. The maximum atomic E-state index is 13.8. The van der Waals surface area contributed by atoms with Crippen molar-refractivity contribution in [3.05, 3.63) is 95.3 Å². The standard InChI is InChI=1S/C22H17FN2O2S/c1-15-7-10-18(11-8-15)28(26,27)25-22-20(13-16-5-3-2-4-6-16)19-14-17(23)9-12-21(19)24-22/h2-14H,1H3,(H,24,25). The fourth-order valence-corrected chi connectivity index (χ4v) is 3.96. The Kier molecular flexibility index (Phi) is 4.57. The lowest BCUT2D eigenvalue weighted by atomic mass is 10.0. The van der Waals surface area contributed by atoms with E-state index in [4.69, 9.17) is 0 Å². The summed E-state index contributed by atoms with van der Waals surface area (Å²) in [4.78, 5) is 0.105. The number of halogens is 1. The van der Waals surface area contributed by atoms with Gasteiger partial charge in [0, 0.05) is 16.8 Å². The summed E-state index contributed by atoms with van der Waals surface area (Å²) >= 11 is 0. The summed E-state index contributed by atoms with van der Waals surface area (Å²) < 4.78 is 43.4. The Morgan fingerprint density at radius 2 is 1.68 bits per heavy atom. The second-order valence-electron chi connectivity index (χ2n) is 6.51. The summed E-state index contributed by atoms with van der Waals surface area (Å²) in [5.41, 5.74) is 3.52. The number of aryl methyl sites for hydroxylation is 1.